The second-order valence-corrected chi connectivity index (χ2v) is 20.2. The summed E-state index contributed by atoms with van der Waals surface area (Å²) < 4.78 is 0. The Morgan fingerprint density at radius 2 is 0.689 bits per heavy atom. The van der Waals surface area contributed by atoms with E-state index in [-0.39, 0.29) is 0 Å². The number of fused-ring (bicyclic) bond motifs is 4. The van der Waals surface area contributed by atoms with Crippen LogP contribution in [0.1, 0.15) is 62.0 Å². The first-order chi connectivity index (χ1) is 36.4. The first-order valence-corrected chi connectivity index (χ1v) is 26.7. The van der Waals surface area contributed by atoms with Crippen molar-refractivity contribution >= 4 is 43.1 Å². The summed E-state index contributed by atoms with van der Waals surface area (Å²) in [6.07, 6.45) is 10.7. The molecule has 12 rings (SSSR count). The maximum atomic E-state index is 5.07. The van der Waals surface area contributed by atoms with E-state index < -0.39 is 0 Å². The van der Waals surface area contributed by atoms with Gasteiger partial charge < -0.3 is 0 Å². The lowest BCUT2D eigenvalue weighted by molar-refractivity contribution is 0.777. The second-order valence-electron chi connectivity index (χ2n) is 20.2. The maximum absolute atomic E-state index is 5.07. The number of pyridine rings is 2. The third kappa shape index (κ3) is 8.65. The van der Waals surface area contributed by atoms with Crippen molar-refractivity contribution in [3.8, 4) is 77.9 Å². The number of aryl methyl sites for hydroxylation is 4. The molecule has 0 N–H and O–H groups in total. The fourth-order valence-corrected chi connectivity index (χ4v) is 11.6. The van der Waals surface area contributed by atoms with Crippen LogP contribution in [0.5, 0.6) is 0 Å². The van der Waals surface area contributed by atoms with Gasteiger partial charge in [0.2, 0.25) is 0 Å². The largest absolute Gasteiger partial charge is 0.261 e. The van der Waals surface area contributed by atoms with E-state index in [2.05, 4.69) is 246 Å². The smallest absolute Gasteiger partial charge is 0.0404 e. The molecule has 0 aliphatic rings. The van der Waals surface area contributed by atoms with Gasteiger partial charge in [-0.2, -0.15) is 0 Å². The Morgan fingerprint density at radius 3 is 1.15 bits per heavy atom. The van der Waals surface area contributed by atoms with Gasteiger partial charge in [-0.25, -0.2) is 0 Å². The highest BCUT2D eigenvalue weighted by Crippen LogP contribution is 2.54. The average molecular weight is 953 g/mol. The number of unbranched alkanes of at least 4 members (excludes halogenated alkanes) is 2. The van der Waals surface area contributed by atoms with Gasteiger partial charge in [-0.3, -0.25) is 9.97 Å². The highest BCUT2D eigenvalue weighted by molar-refractivity contribution is 6.34. The van der Waals surface area contributed by atoms with Gasteiger partial charge >= 0.3 is 0 Å². The van der Waals surface area contributed by atoms with Crippen LogP contribution in [-0.4, -0.2) is 9.97 Å². The van der Waals surface area contributed by atoms with Crippen LogP contribution in [0.25, 0.3) is 121 Å². The first-order valence-electron chi connectivity index (χ1n) is 26.7. The van der Waals surface area contributed by atoms with Crippen molar-refractivity contribution in [3.63, 3.8) is 0 Å². The molecule has 2 heterocycles. The minimum absolute atomic E-state index is 0.983. The number of rotatable bonds is 13. The number of benzene rings is 10. The third-order valence-electron chi connectivity index (χ3n) is 15.2. The molecule has 0 bridgehead atoms. The van der Waals surface area contributed by atoms with Gasteiger partial charge in [-0.15, -0.1) is 0 Å². The lowest BCUT2D eigenvalue weighted by atomic mass is 9.77. The first kappa shape index (κ1) is 46.6. The van der Waals surface area contributed by atoms with Crippen LogP contribution in [0.2, 0.25) is 0 Å². The zero-order valence-electron chi connectivity index (χ0n) is 42.9. The molecular formula is C72H60N2. The molecule has 0 unspecified atom stereocenters. The van der Waals surface area contributed by atoms with Gasteiger partial charge in [0.15, 0.2) is 0 Å². The lowest BCUT2D eigenvalue weighted by Crippen LogP contribution is -1.98. The van der Waals surface area contributed by atoms with Gasteiger partial charge in [0.25, 0.3) is 0 Å². The molecule has 0 radical (unpaired) electrons. The van der Waals surface area contributed by atoms with Gasteiger partial charge in [0.05, 0.1) is 0 Å². The van der Waals surface area contributed by atoms with Gasteiger partial charge in [-0.05, 0) is 185 Å². The SMILES string of the molecule is CCCCc1ccc(-c2cc(-c3ccc4c(-c5ccccc5)c5c(-c6ccccc6)c6cc(C)ccc6c(-c6ccccc6)c5c(-c5ccccc5)c4c3)cc3c(-c4ccc(CCCC)nc4)cc(C)cc23)cn1. The normalized spacial score (nSPS) is 11.6. The van der Waals surface area contributed by atoms with E-state index in [0.717, 1.165) is 72.2 Å². The Hall–Kier alpha value is -8.46. The van der Waals surface area contributed by atoms with Crippen LogP contribution < -0.4 is 0 Å². The van der Waals surface area contributed by atoms with Crippen LogP contribution in [0.15, 0.2) is 219 Å². The van der Waals surface area contributed by atoms with E-state index in [1.165, 1.54) is 110 Å². The fraction of sp³-hybridized carbons (Fsp3) is 0.139. The number of hydrogen-bond acceptors (Lipinski definition) is 2. The van der Waals surface area contributed by atoms with Crippen LogP contribution in [0.3, 0.4) is 0 Å². The van der Waals surface area contributed by atoms with Crippen molar-refractivity contribution in [1.82, 2.24) is 9.97 Å². The zero-order valence-corrected chi connectivity index (χ0v) is 42.9. The molecule has 0 amide bonds. The molecule has 0 saturated carbocycles. The van der Waals surface area contributed by atoms with E-state index in [1.807, 2.05) is 0 Å². The summed E-state index contributed by atoms with van der Waals surface area (Å²) >= 11 is 0. The van der Waals surface area contributed by atoms with Crippen LogP contribution in [0, 0.1) is 13.8 Å². The zero-order chi connectivity index (χ0) is 50.1. The van der Waals surface area contributed by atoms with Crippen molar-refractivity contribution < 1.29 is 0 Å². The van der Waals surface area contributed by atoms with Gasteiger partial charge in [-0.1, -0.05) is 208 Å². The molecule has 2 aromatic heterocycles. The van der Waals surface area contributed by atoms with Crippen molar-refractivity contribution in [2.45, 2.75) is 66.2 Å². The third-order valence-corrected chi connectivity index (χ3v) is 15.2. The lowest BCUT2D eigenvalue weighted by Gasteiger charge is -2.26. The van der Waals surface area contributed by atoms with E-state index in [9.17, 15) is 0 Å². The predicted molar refractivity (Wildman–Crippen MR) is 317 cm³/mol. The molecule has 12 aromatic rings. The molecule has 0 spiro atoms. The standard InChI is InChI=1S/C72H60N2/c1-5-7-29-57-35-32-54(45-73-57)61-40-48(4)41-63-62(55-33-36-58(74-46-55)30-8-6-2)43-56(44-64(61)63)53-34-38-60-66(42-53)70(52-27-19-12-20-28-52)72-67(49-21-13-9-14-22-49)59-37-31-47(3)39-65(59)69(51-25-17-11-18-26-51)71(72)68(60)50-23-15-10-16-24-50/h9-28,31-46H,5-8,29-30H2,1-4H3. The Morgan fingerprint density at radius 1 is 0.297 bits per heavy atom. The molecule has 10 aromatic carbocycles. The molecule has 74 heavy (non-hydrogen) atoms. The van der Waals surface area contributed by atoms with Gasteiger partial charge in [0, 0.05) is 34.9 Å². The van der Waals surface area contributed by atoms with Gasteiger partial charge in [0.1, 0.15) is 0 Å². The quantitative estimate of drug-likeness (QED) is 0.108. The van der Waals surface area contributed by atoms with Crippen molar-refractivity contribution in [2.24, 2.45) is 0 Å². The molecular weight excluding hydrogens is 893 g/mol. The van der Waals surface area contributed by atoms with Crippen molar-refractivity contribution in [2.75, 3.05) is 0 Å². The number of hydrogen-bond donors (Lipinski definition) is 0. The Labute approximate surface area is 436 Å². The Balaban J connectivity index is 1.23. The summed E-state index contributed by atoms with van der Waals surface area (Å²) in [6, 6.07) is 77.3. The maximum Gasteiger partial charge on any atom is 0.0404 e. The molecule has 0 aliphatic heterocycles. The molecule has 0 aliphatic carbocycles. The van der Waals surface area contributed by atoms with Crippen LogP contribution in [0.4, 0.5) is 0 Å². The topological polar surface area (TPSA) is 25.8 Å². The number of nitrogens with zero attached hydrogens (tertiary/aromatic N) is 2. The molecule has 0 fully saturated rings. The molecule has 358 valence electrons. The second kappa shape index (κ2) is 20.2. The minimum Gasteiger partial charge on any atom is -0.261 e. The minimum atomic E-state index is 0.983. The molecule has 0 saturated heterocycles. The molecule has 0 atom stereocenters. The van der Waals surface area contributed by atoms with Crippen molar-refractivity contribution in [1.29, 1.82) is 0 Å². The number of aromatic nitrogens is 2. The van der Waals surface area contributed by atoms with E-state index in [4.69, 9.17) is 9.97 Å². The molecule has 2 heteroatoms. The summed E-state index contributed by atoms with van der Waals surface area (Å²) in [6.45, 7) is 8.92. The molecule has 2 nitrogen and oxygen atoms in total. The highest BCUT2D eigenvalue weighted by atomic mass is 14.7. The summed E-state index contributed by atoms with van der Waals surface area (Å²) in [7, 11) is 0. The summed E-state index contributed by atoms with van der Waals surface area (Å²) in [4.78, 5) is 10.1. The summed E-state index contributed by atoms with van der Waals surface area (Å²) in [5, 5.41) is 9.85. The Bertz CT molecular complexity index is 3990. The highest BCUT2D eigenvalue weighted by Gasteiger charge is 2.27. The van der Waals surface area contributed by atoms with E-state index in [1.54, 1.807) is 0 Å². The van der Waals surface area contributed by atoms with E-state index >= 15 is 0 Å². The van der Waals surface area contributed by atoms with E-state index in [0.29, 0.717) is 0 Å². The summed E-state index contributed by atoms with van der Waals surface area (Å²) in [5.41, 5.74) is 21.4. The summed E-state index contributed by atoms with van der Waals surface area (Å²) in [5.74, 6) is 0. The fourth-order valence-electron chi connectivity index (χ4n) is 11.6. The Kier molecular flexibility index (Phi) is 12.7. The monoisotopic (exact) mass is 952 g/mol. The average Bonchev–Trinajstić information content (AvgIpc) is 3.47. The van der Waals surface area contributed by atoms with Crippen molar-refractivity contribution in [3.05, 3.63) is 241 Å². The van der Waals surface area contributed by atoms with Crippen LogP contribution in [-0.2, 0) is 12.8 Å². The predicted octanol–water partition coefficient (Wildman–Crippen LogP) is 20.1. The van der Waals surface area contributed by atoms with Crippen LogP contribution >= 0.6 is 0 Å².